The van der Waals surface area contributed by atoms with E-state index in [0.29, 0.717) is 26.2 Å². The molecule has 0 N–H and O–H groups in total. The number of ether oxygens (including phenoxy) is 2. The summed E-state index contributed by atoms with van der Waals surface area (Å²) in [6.07, 6.45) is 1.21. The Hall–Kier alpha value is -1.60. The number of likely N-dealkylation sites (tertiary alicyclic amines) is 1. The van der Waals surface area contributed by atoms with Crippen LogP contribution in [0.4, 0.5) is 4.79 Å². The van der Waals surface area contributed by atoms with E-state index in [1.165, 1.54) is 6.39 Å². The van der Waals surface area contributed by atoms with Gasteiger partial charge in [-0.3, -0.25) is 4.90 Å². The van der Waals surface area contributed by atoms with Crippen molar-refractivity contribution in [1.29, 1.82) is 0 Å². The van der Waals surface area contributed by atoms with Gasteiger partial charge in [-0.1, -0.05) is 0 Å². The summed E-state index contributed by atoms with van der Waals surface area (Å²) in [5.74, 6) is 1.06. The lowest BCUT2D eigenvalue weighted by atomic mass is 9.96. The Morgan fingerprint density at radius 1 is 1.48 bits per heavy atom. The monoisotopic (exact) mass is 325 g/mol. The van der Waals surface area contributed by atoms with E-state index >= 15 is 0 Å². The van der Waals surface area contributed by atoms with Crippen molar-refractivity contribution in [3.63, 3.8) is 0 Å². The number of oxazole rings is 1. The molecule has 1 aliphatic heterocycles. The number of aromatic nitrogens is 1. The van der Waals surface area contributed by atoms with Crippen molar-refractivity contribution in [1.82, 2.24) is 14.8 Å². The second kappa shape index (κ2) is 7.31. The number of nitrogens with zero attached hydrogens (tertiary/aromatic N) is 3. The maximum absolute atomic E-state index is 12.0. The third-order valence-electron chi connectivity index (χ3n) is 3.67. The van der Waals surface area contributed by atoms with Gasteiger partial charge in [0.2, 0.25) is 0 Å². The van der Waals surface area contributed by atoms with E-state index < -0.39 is 5.60 Å². The Labute approximate surface area is 137 Å². The predicted octanol–water partition coefficient (Wildman–Crippen LogP) is 2.09. The molecule has 1 saturated heterocycles. The van der Waals surface area contributed by atoms with Crippen LogP contribution in [0.3, 0.4) is 0 Å². The van der Waals surface area contributed by atoms with Crippen LogP contribution < -0.4 is 0 Å². The number of likely N-dealkylation sites (N-methyl/N-ethyl adjacent to an activating group) is 1. The van der Waals surface area contributed by atoms with Crippen LogP contribution in [0.25, 0.3) is 0 Å². The van der Waals surface area contributed by atoms with E-state index in [1.807, 2.05) is 27.8 Å². The molecule has 0 aliphatic carbocycles. The van der Waals surface area contributed by atoms with E-state index in [0.717, 1.165) is 18.0 Å². The first-order valence-corrected chi connectivity index (χ1v) is 7.88. The summed E-state index contributed by atoms with van der Waals surface area (Å²) in [5, 5.41) is 0. The molecule has 0 radical (unpaired) electrons. The van der Waals surface area contributed by atoms with E-state index in [4.69, 9.17) is 13.9 Å². The summed E-state index contributed by atoms with van der Waals surface area (Å²) < 4.78 is 16.0. The highest BCUT2D eigenvalue weighted by atomic mass is 16.6. The second-order valence-corrected chi connectivity index (χ2v) is 6.98. The molecule has 0 saturated carbocycles. The summed E-state index contributed by atoms with van der Waals surface area (Å²) in [7, 11) is 3.71. The molecule has 0 spiro atoms. The number of rotatable bonds is 6. The van der Waals surface area contributed by atoms with Crippen molar-refractivity contribution in [2.75, 3.05) is 40.4 Å². The molecule has 0 atom stereocenters. The minimum Gasteiger partial charge on any atom is -0.448 e. The zero-order valence-corrected chi connectivity index (χ0v) is 14.7. The summed E-state index contributed by atoms with van der Waals surface area (Å²) in [5.41, 5.74) is 0.460. The Kier molecular flexibility index (Phi) is 5.64. The van der Waals surface area contributed by atoms with Crippen molar-refractivity contribution in [3.05, 3.63) is 17.8 Å². The summed E-state index contributed by atoms with van der Waals surface area (Å²) in [6.45, 7) is 9.04. The Bertz CT molecular complexity index is 518. The fourth-order valence-corrected chi connectivity index (χ4v) is 2.43. The molecule has 2 heterocycles. The fourth-order valence-electron chi connectivity index (χ4n) is 2.43. The molecule has 1 fully saturated rings. The highest BCUT2D eigenvalue weighted by Crippen LogP contribution is 2.30. The number of carbonyl (C=O) groups is 1. The lowest BCUT2D eigenvalue weighted by Gasteiger charge is -2.39. The van der Waals surface area contributed by atoms with Gasteiger partial charge in [-0.15, -0.1) is 0 Å². The van der Waals surface area contributed by atoms with Gasteiger partial charge in [0, 0.05) is 33.3 Å². The minimum atomic E-state index is -0.469. The van der Waals surface area contributed by atoms with Crippen LogP contribution in [-0.2, 0) is 16.0 Å². The van der Waals surface area contributed by atoms with Gasteiger partial charge >= 0.3 is 6.09 Å². The third kappa shape index (κ3) is 4.94. The lowest BCUT2D eigenvalue weighted by Crippen LogP contribution is -2.50. The quantitative estimate of drug-likeness (QED) is 0.798. The zero-order valence-electron chi connectivity index (χ0n) is 14.7. The molecule has 0 bridgehead atoms. The number of hydrogen-bond acceptors (Lipinski definition) is 6. The molecular formula is C16H27N3O4. The molecule has 0 unspecified atom stereocenters. The van der Waals surface area contributed by atoms with E-state index in [1.54, 1.807) is 12.0 Å². The highest BCUT2D eigenvalue weighted by Gasteiger charge is 2.37. The van der Waals surface area contributed by atoms with E-state index in [-0.39, 0.29) is 12.0 Å². The van der Waals surface area contributed by atoms with Crippen LogP contribution in [0.1, 0.15) is 38.1 Å². The second-order valence-electron chi connectivity index (χ2n) is 6.98. The maximum Gasteiger partial charge on any atom is 0.410 e. The lowest BCUT2D eigenvalue weighted by molar-refractivity contribution is 0.00635. The first-order valence-electron chi connectivity index (χ1n) is 7.88. The smallest absolute Gasteiger partial charge is 0.410 e. The first kappa shape index (κ1) is 17.7. The molecule has 7 heteroatoms. The largest absolute Gasteiger partial charge is 0.448 e. The molecule has 1 aromatic heterocycles. The first-order chi connectivity index (χ1) is 10.8. The number of hydrogen-bond donors (Lipinski definition) is 0. The van der Waals surface area contributed by atoms with E-state index in [2.05, 4.69) is 9.88 Å². The Balaban J connectivity index is 1.86. The van der Waals surface area contributed by atoms with Crippen LogP contribution in [0.2, 0.25) is 0 Å². The van der Waals surface area contributed by atoms with Gasteiger partial charge in [-0.2, -0.15) is 0 Å². The predicted molar refractivity (Wildman–Crippen MR) is 85.3 cm³/mol. The van der Waals surface area contributed by atoms with Gasteiger partial charge in [-0.25, -0.2) is 9.78 Å². The molecule has 1 aliphatic rings. The topological polar surface area (TPSA) is 68.0 Å². The highest BCUT2D eigenvalue weighted by molar-refractivity contribution is 5.69. The molecule has 1 aromatic rings. The molecule has 23 heavy (non-hydrogen) atoms. The Morgan fingerprint density at radius 3 is 2.78 bits per heavy atom. The van der Waals surface area contributed by atoms with Crippen LogP contribution in [0.15, 0.2) is 10.8 Å². The number of methoxy groups -OCH3 is 1. The fraction of sp³-hybridized carbons (Fsp3) is 0.750. The zero-order chi connectivity index (χ0) is 17.0. The van der Waals surface area contributed by atoms with Gasteiger partial charge in [0.25, 0.3) is 0 Å². The average molecular weight is 325 g/mol. The van der Waals surface area contributed by atoms with Crippen molar-refractivity contribution in [3.8, 4) is 0 Å². The van der Waals surface area contributed by atoms with Gasteiger partial charge in [0.05, 0.1) is 18.2 Å². The van der Waals surface area contributed by atoms with Crippen LogP contribution >= 0.6 is 0 Å². The normalized spacial score (nSPS) is 15.8. The minimum absolute atomic E-state index is 0.191. The maximum atomic E-state index is 12.0. The number of carbonyl (C=O) groups excluding carboxylic acids is 1. The SMILES string of the molecule is COCCN(C)Cc1ncoc1C1CN(C(=O)OC(C)(C)C)C1. The molecule has 1 amide bonds. The van der Waals surface area contributed by atoms with Crippen molar-refractivity contribution < 1.29 is 18.7 Å². The third-order valence-corrected chi connectivity index (χ3v) is 3.67. The van der Waals surface area contributed by atoms with Gasteiger partial charge < -0.3 is 18.8 Å². The van der Waals surface area contributed by atoms with Crippen LogP contribution in [0, 0.1) is 0 Å². The van der Waals surface area contributed by atoms with Crippen molar-refractivity contribution >= 4 is 6.09 Å². The molecule has 0 aromatic carbocycles. The van der Waals surface area contributed by atoms with Crippen molar-refractivity contribution in [2.45, 2.75) is 38.8 Å². The van der Waals surface area contributed by atoms with Crippen LogP contribution in [0.5, 0.6) is 0 Å². The molecule has 2 rings (SSSR count). The van der Waals surface area contributed by atoms with Crippen LogP contribution in [-0.4, -0.2) is 66.9 Å². The molecule has 7 nitrogen and oxygen atoms in total. The van der Waals surface area contributed by atoms with Gasteiger partial charge in [-0.05, 0) is 27.8 Å². The molecule has 130 valence electrons. The summed E-state index contributed by atoms with van der Waals surface area (Å²) >= 11 is 0. The van der Waals surface area contributed by atoms with Crippen molar-refractivity contribution in [2.24, 2.45) is 0 Å². The molecular weight excluding hydrogens is 298 g/mol. The average Bonchev–Trinajstić information content (AvgIpc) is 2.80. The Morgan fingerprint density at radius 2 is 2.17 bits per heavy atom. The number of amides is 1. The van der Waals surface area contributed by atoms with Gasteiger partial charge in [0.1, 0.15) is 11.4 Å². The standard InChI is InChI=1S/C16H27N3O4/c1-16(2,3)23-15(20)19-8-12(9-19)14-13(17-11-22-14)10-18(4)6-7-21-5/h11-12H,6-10H2,1-5H3. The van der Waals surface area contributed by atoms with Gasteiger partial charge in [0.15, 0.2) is 6.39 Å². The summed E-state index contributed by atoms with van der Waals surface area (Å²) in [4.78, 5) is 20.1. The van der Waals surface area contributed by atoms with E-state index in [9.17, 15) is 4.79 Å². The summed E-state index contributed by atoms with van der Waals surface area (Å²) in [6, 6.07) is 0.